The molecule has 0 bridgehead atoms. The predicted octanol–water partition coefficient (Wildman–Crippen LogP) is 2.23. The summed E-state index contributed by atoms with van der Waals surface area (Å²) in [5.41, 5.74) is 0.107. The molecule has 3 nitrogen and oxygen atoms in total. The minimum Gasteiger partial charge on any atom is -0.469 e. The van der Waals surface area contributed by atoms with Crippen molar-refractivity contribution in [3.8, 4) is 0 Å². The monoisotopic (exact) mass is 216 g/mol. The van der Waals surface area contributed by atoms with Crippen LogP contribution in [-0.4, -0.2) is 24.8 Å². The number of methoxy groups -OCH3 is 1. The molecule has 2 atom stereocenters. The van der Waals surface area contributed by atoms with Gasteiger partial charge in [-0.1, -0.05) is 27.7 Å². The molecule has 0 aliphatic heterocycles. The maximum absolute atomic E-state index is 11.1. The van der Waals surface area contributed by atoms with E-state index in [0.717, 1.165) is 6.42 Å². The van der Waals surface area contributed by atoms with E-state index in [1.165, 1.54) is 7.11 Å². The summed E-state index contributed by atoms with van der Waals surface area (Å²) in [7, 11) is 1.41. The first-order valence-electron chi connectivity index (χ1n) is 5.50. The average molecular weight is 216 g/mol. The van der Waals surface area contributed by atoms with Crippen molar-refractivity contribution in [2.75, 3.05) is 13.7 Å². The Balaban J connectivity index is 4.33. The van der Waals surface area contributed by atoms with Gasteiger partial charge in [0.05, 0.1) is 7.11 Å². The fourth-order valence-corrected chi connectivity index (χ4v) is 2.07. The lowest BCUT2D eigenvalue weighted by Gasteiger charge is -2.34. The minimum absolute atomic E-state index is 0.107. The van der Waals surface area contributed by atoms with Gasteiger partial charge in [-0.2, -0.15) is 0 Å². The van der Waals surface area contributed by atoms with Gasteiger partial charge >= 0.3 is 5.97 Å². The van der Waals surface area contributed by atoms with Gasteiger partial charge < -0.3 is 9.84 Å². The molecule has 0 rings (SSSR count). The van der Waals surface area contributed by atoms with E-state index in [4.69, 9.17) is 0 Å². The van der Waals surface area contributed by atoms with Crippen molar-refractivity contribution in [3.05, 3.63) is 0 Å². The quantitative estimate of drug-likeness (QED) is 0.717. The summed E-state index contributed by atoms with van der Waals surface area (Å²) < 4.78 is 4.63. The molecule has 0 fully saturated rings. The molecule has 15 heavy (non-hydrogen) atoms. The molecule has 0 aromatic rings. The van der Waals surface area contributed by atoms with Crippen LogP contribution in [0.25, 0.3) is 0 Å². The zero-order valence-corrected chi connectivity index (χ0v) is 10.5. The number of carbonyl (C=O) groups is 1. The smallest absolute Gasteiger partial charge is 0.305 e. The highest BCUT2D eigenvalue weighted by Crippen LogP contribution is 2.35. The van der Waals surface area contributed by atoms with Gasteiger partial charge in [-0.15, -0.1) is 0 Å². The Labute approximate surface area is 92.8 Å². The van der Waals surface area contributed by atoms with Crippen LogP contribution in [0.1, 0.15) is 40.5 Å². The van der Waals surface area contributed by atoms with Crippen LogP contribution in [0.15, 0.2) is 0 Å². The zero-order valence-electron chi connectivity index (χ0n) is 10.5. The maximum atomic E-state index is 11.1. The number of hydrogen-bond acceptors (Lipinski definition) is 3. The van der Waals surface area contributed by atoms with Crippen molar-refractivity contribution in [3.63, 3.8) is 0 Å². The Bertz CT molecular complexity index is 194. The highest BCUT2D eigenvalue weighted by atomic mass is 16.5. The van der Waals surface area contributed by atoms with E-state index in [1.807, 2.05) is 6.92 Å². The molecular formula is C12H24O3. The summed E-state index contributed by atoms with van der Waals surface area (Å²) >= 11 is 0. The fraction of sp³-hybridized carbons (Fsp3) is 0.917. The van der Waals surface area contributed by atoms with Crippen LogP contribution in [0.2, 0.25) is 0 Å². The molecule has 3 heteroatoms. The Morgan fingerprint density at radius 3 is 2.27 bits per heavy atom. The second-order valence-corrected chi connectivity index (χ2v) is 5.25. The molecule has 0 aromatic heterocycles. The van der Waals surface area contributed by atoms with E-state index in [9.17, 15) is 9.90 Å². The van der Waals surface area contributed by atoms with E-state index in [2.05, 4.69) is 25.5 Å². The Morgan fingerprint density at radius 1 is 1.40 bits per heavy atom. The molecule has 0 aliphatic carbocycles. The predicted molar refractivity (Wildman–Crippen MR) is 60.4 cm³/mol. The molecule has 2 unspecified atom stereocenters. The zero-order chi connectivity index (χ0) is 12.1. The van der Waals surface area contributed by atoms with Gasteiger partial charge in [0.1, 0.15) is 0 Å². The van der Waals surface area contributed by atoms with Crippen LogP contribution >= 0.6 is 0 Å². The standard InChI is InChI=1S/C12H24O3/c1-9(8-13)10(12(2,3)4)6-7-11(14)15-5/h9-10,13H,6-8H2,1-5H3. The number of aliphatic hydroxyl groups is 1. The summed E-state index contributed by atoms with van der Waals surface area (Å²) in [6, 6.07) is 0. The Morgan fingerprint density at radius 2 is 1.93 bits per heavy atom. The summed E-state index contributed by atoms with van der Waals surface area (Å²) in [5.74, 6) is 0.380. The number of aliphatic hydroxyl groups excluding tert-OH is 1. The van der Waals surface area contributed by atoms with Crippen molar-refractivity contribution in [1.29, 1.82) is 0 Å². The van der Waals surface area contributed by atoms with Gasteiger partial charge in [0.25, 0.3) is 0 Å². The molecule has 0 saturated carbocycles. The lowest BCUT2D eigenvalue weighted by Crippen LogP contribution is -2.29. The molecule has 0 spiro atoms. The van der Waals surface area contributed by atoms with E-state index in [-0.39, 0.29) is 23.9 Å². The highest BCUT2D eigenvalue weighted by Gasteiger charge is 2.29. The van der Waals surface area contributed by atoms with Gasteiger partial charge in [0.15, 0.2) is 0 Å². The van der Waals surface area contributed by atoms with E-state index in [0.29, 0.717) is 12.3 Å². The average Bonchev–Trinajstić information content (AvgIpc) is 2.15. The van der Waals surface area contributed by atoms with Crippen molar-refractivity contribution in [2.24, 2.45) is 17.3 Å². The van der Waals surface area contributed by atoms with Gasteiger partial charge in [0.2, 0.25) is 0 Å². The van der Waals surface area contributed by atoms with Crippen LogP contribution in [0.4, 0.5) is 0 Å². The fourth-order valence-electron chi connectivity index (χ4n) is 2.07. The number of carbonyl (C=O) groups excluding carboxylic acids is 1. The molecule has 0 aliphatic rings. The normalized spacial score (nSPS) is 15.9. The summed E-state index contributed by atoms with van der Waals surface area (Å²) in [6.07, 6.45) is 1.21. The number of esters is 1. The molecule has 0 saturated heterocycles. The second kappa shape index (κ2) is 6.11. The number of hydrogen-bond donors (Lipinski definition) is 1. The molecule has 0 radical (unpaired) electrons. The third-order valence-corrected chi connectivity index (χ3v) is 2.97. The van der Waals surface area contributed by atoms with E-state index < -0.39 is 0 Å². The maximum Gasteiger partial charge on any atom is 0.305 e. The second-order valence-electron chi connectivity index (χ2n) is 5.25. The minimum atomic E-state index is -0.172. The molecule has 0 amide bonds. The summed E-state index contributed by atoms with van der Waals surface area (Å²) in [5, 5.41) is 9.17. The molecule has 1 N–H and O–H groups in total. The van der Waals surface area contributed by atoms with Gasteiger partial charge in [-0.05, 0) is 23.7 Å². The van der Waals surface area contributed by atoms with E-state index >= 15 is 0 Å². The highest BCUT2D eigenvalue weighted by molar-refractivity contribution is 5.69. The topological polar surface area (TPSA) is 46.5 Å². The van der Waals surface area contributed by atoms with Crippen LogP contribution in [-0.2, 0) is 9.53 Å². The lowest BCUT2D eigenvalue weighted by atomic mass is 9.71. The molecule has 90 valence electrons. The molecular weight excluding hydrogens is 192 g/mol. The van der Waals surface area contributed by atoms with Gasteiger partial charge in [0, 0.05) is 13.0 Å². The largest absolute Gasteiger partial charge is 0.469 e. The van der Waals surface area contributed by atoms with Crippen molar-refractivity contribution in [1.82, 2.24) is 0 Å². The van der Waals surface area contributed by atoms with Crippen molar-refractivity contribution in [2.45, 2.75) is 40.5 Å². The van der Waals surface area contributed by atoms with Crippen molar-refractivity contribution >= 4 is 5.97 Å². The van der Waals surface area contributed by atoms with Gasteiger partial charge in [-0.3, -0.25) is 4.79 Å². The third-order valence-electron chi connectivity index (χ3n) is 2.97. The SMILES string of the molecule is COC(=O)CCC(C(C)CO)C(C)(C)C. The third kappa shape index (κ3) is 5.17. The lowest BCUT2D eigenvalue weighted by molar-refractivity contribution is -0.141. The van der Waals surface area contributed by atoms with Crippen LogP contribution in [0.5, 0.6) is 0 Å². The Hall–Kier alpha value is -0.570. The van der Waals surface area contributed by atoms with Crippen molar-refractivity contribution < 1.29 is 14.6 Å². The number of rotatable bonds is 5. The molecule has 0 aromatic carbocycles. The first-order chi connectivity index (χ1) is 6.82. The molecule has 0 heterocycles. The summed E-state index contributed by atoms with van der Waals surface area (Å²) in [6.45, 7) is 8.61. The first kappa shape index (κ1) is 14.4. The van der Waals surface area contributed by atoms with Crippen LogP contribution in [0.3, 0.4) is 0 Å². The summed E-state index contributed by atoms with van der Waals surface area (Å²) in [4.78, 5) is 11.1. The van der Waals surface area contributed by atoms with Crippen LogP contribution < -0.4 is 0 Å². The van der Waals surface area contributed by atoms with Crippen LogP contribution in [0, 0.1) is 17.3 Å². The Kier molecular flexibility index (Phi) is 5.88. The number of ether oxygens (including phenoxy) is 1. The van der Waals surface area contributed by atoms with E-state index in [1.54, 1.807) is 0 Å². The first-order valence-corrected chi connectivity index (χ1v) is 5.50. The van der Waals surface area contributed by atoms with Gasteiger partial charge in [-0.25, -0.2) is 0 Å².